The summed E-state index contributed by atoms with van der Waals surface area (Å²) in [6, 6.07) is 0. The maximum absolute atomic E-state index is 13.0. The highest BCUT2D eigenvalue weighted by Crippen LogP contribution is 2.17. The van der Waals surface area contributed by atoms with Gasteiger partial charge in [0, 0.05) is 6.42 Å². The van der Waals surface area contributed by atoms with Crippen LogP contribution in [0.5, 0.6) is 0 Å². The Bertz CT molecular complexity index is 187. The van der Waals surface area contributed by atoms with Crippen molar-refractivity contribution in [1.29, 1.82) is 0 Å². The normalized spacial score (nSPS) is 14.6. The lowest BCUT2D eigenvalue weighted by Crippen LogP contribution is -1.84. The molecule has 0 saturated heterocycles. The van der Waals surface area contributed by atoms with E-state index in [0.29, 0.717) is 6.42 Å². The van der Waals surface area contributed by atoms with Crippen molar-refractivity contribution >= 4 is 0 Å². The summed E-state index contributed by atoms with van der Waals surface area (Å²) < 4.78 is 13.0. The topological polar surface area (TPSA) is 0 Å². The lowest BCUT2D eigenvalue weighted by Gasteiger charge is -2.03. The van der Waals surface area contributed by atoms with Crippen molar-refractivity contribution in [3.63, 3.8) is 0 Å². The molecule has 0 rings (SSSR count). The van der Waals surface area contributed by atoms with E-state index >= 15 is 0 Å². The van der Waals surface area contributed by atoms with Gasteiger partial charge in [-0.2, -0.15) is 0 Å². The van der Waals surface area contributed by atoms with Crippen LogP contribution >= 0.6 is 0 Å². The van der Waals surface area contributed by atoms with Crippen LogP contribution in [-0.4, -0.2) is 0 Å². The number of rotatable bonds is 4. The monoisotopic (exact) mass is 170 g/mol. The Hall–Kier alpha value is -0.590. The highest BCUT2D eigenvalue weighted by Gasteiger charge is 1.98. The van der Waals surface area contributed by atoms with Gasteiger partial charge in [0.1, 0.15) is 0 Å². The fourth-order valence-corrected chi connectivity index (χ4v) is 1.000. The molecule has 0 aliphatic rings. The number of allylic oxidation sites excluding steroid dienone is 4. The van der Waals surface area contributed by atoms with Crippen LogP contribution in [0.3, 0.4) is 0 Å². The van der Waals surface area contributed by atoms with E-state index < -0.39 is 0 Å². The van der Waals surface area contributed by atoms with Crippen molar-refractivity contribution in [2.45, 2.75) is 47.0 Å². The minimum Gasteiger partial charge on any atom is -0.212 e. The average Bonchev–Trinajstić information content (AvgIpc) is 2.03. The van der Waals surface area contributed by atoms with E-state index in [4.69, 9.17) is 0 Å². The highest BCUT2D eigenvalue weighted by atomic mass is 19.1. The maximum atomic E-state index is 13.0. The van der Waals surface area contributed by atoms with E-state index in [1.807, 2.05) is 13.8 Å². The fourth-order valence-electron chi connectivity index (χ4n) is 1.000. The molecule has 0 aromatic carbocycles. The van der Waals surface area contributed by atoms with Gasteiger partial charge in [-0.05, 0) is 26.7 Å². The molecule has 0 fully saturated rings. The second-order valence-electron chi connectivity index (χ2n) is 3.15. The predicted molar refractivity (Wildman–Crippen MR) is 52.8 cm³/mol. The molecule has 0 heterocycles. The minimum absolute atomic E-state index is 0.00259. The standard InChI is InChI=1S/C11H19F/c1-5-7-11(12)8-10(4)9(3)6-2/h7H,5-6,8H2,1-4H3/b10-9-,11-7+. The molecule has 0 bridgehead atoms. The smallest absolute Gasteiger partial charge is 0.1000 e. The van der Waals surface area contributed by atoms with E-state index in [1.165, 1.54) is 11.1 Å². The van der Waals surface area contributed by atoms with Crippen LogP contribution < -0.4 is 0 Å². The zero-order valence-electron chi connectivity index (χ0n) is 8.58. The Morgan fingerprint density at radius 1 is 1.17 bits per heavy atom. The van der Waals surface area contributed by atoms with Crippen LogP contribution in [0, 0.1) is 0 Å². The molecule has 0 N–H and O–H groups in total. The molecule has 0 saturated carbocycles. The van der Waals surface area contributed by atoms with Crippen molar-refractivity contribution in [3.05, 3.63) is 23.0 Å². The molecule has 70 valence electrons. The Morgan fingerprint density at radius 2 is 1.75 bits per heavy atom. The molecule has 0 amide bonds. The van der Waals surface area contributed by atoms with Crippen molar-refractivity contribution in [2.75, 3.05) is 0 Å². The Labute approximate surface area is 75.2 Å². The number of hydrogen-bond acceptors (Lipinski definition) is 0. The van der Waals surface area contributed by atoms with Gasteiger partial charge < -0.3 is 0 Å². The van der Waals surface area contributed by atoms with Gasteiger partial charge in [0.15, 0.2) is 0 Å². The lowest BCUT2D eigenvalue weighted by molar-refractivity contribution is 0.603. The molecule has 0 spiro atoms. The van der Waals surface area contributed by atoms with Crippen LogP contribution in [0.4, 0.5) is 4.39 Å². The second kappa shape index (κ2) is 5.99. The van der Waals surface area contributed by atoms with Crippen LogP contribution in [0.1, 0.15) is 47.0 Å². The summed E-state index contributed by atoms with van der Waals surface area (Å²) in [4.78, 5) is 0. The third-order valence-corrected chi connectivity index (χ3v) is 2.12. The largest absolute Gasteiger partial charge is 0.212 e. The van der Waals surface area contributed by atoms with Crippen molar-refractivity contribution in [1.82, 2.24) is 0 Å². The number of halogens is 1. The van der Waals surface area contributed by atoms with E-state index in [9.17, 15) is 4.39 Å². The molecule has 0 atom stereocenters. The summed E-state index contributed by atoms with van der Waals surface area (Å²) in [5.74, 6) is 0.00259. The van der Waals surface area contributed by atoms with E-state index in [0.717, 1.165) is 12.8 Å². The van der Waals surface area contributed by atoms with Crippen LogP contribution in [0.25, 0.3) is 0 Å². The van der Waals surface area contributed by atoms with Crippen molar-refractivity contribution < 1.29 is 4.39 Å². The van der Waals surface area contributed by atoms with E-state index in [2.05, 4.69) is 13.8 Å². The van der Waals surface area contributed by atoms with Gasteiger partial charge in [0.2, 0.25) is 0 Å². The summed E-state index contributed by atoms with van der Waals surface area (Å²) in [7, 11) is 0. The molecular formula is C11H19F. The molecule has 12 heavy (non-hydrogen) atoms. The van der Waals surface area contributed by atoms with Gasteiger partial charge >= 0.3 is 0 Å². The molecule has 0 aliphatic carbocycles. The molecule has 0 nitrogen and oxygen atoms in total. The highest BCUT2D eigenvalue weighted by molar-refractivity contribution is 5.15. The van der Waals surface area contributed by atoms with Gasteiger partial charge in [-0.25, -0.2) is 4.39 Å². The van der Waals surface area contributed by atoms with Crippen LogP contribution in [0.15, 0.2) is 23.0 Å². The SMILES string of the molecule is CC/C=C(/F)C/C(C)=C(/C)CC. The summed E-state index contributed by atoms with van der Waals surface area (Å²) >= 11 is 0. The lowest BCUT2D eigenvalue weighted by atomic mass is 10.1. The molecule has 0 aromatic heterocycles. The first-order chi connectivity index (χ1) is 5.61. The molecular weight excluding hydrogens is 151 g/mol. The third kappa shape index (κ3) is 4.32. The summed E-state index contributed by atoms with van der Waals surface area (Å²) in [6.07, 6.45) is 3.94. The van der Waals surface area contributed by atoms with Crippen molar-refractivity contribution in [2.24, 2.45) is 0 Å². The summed E-state index contributed by atoms with van der Waals surface area (Å²) in [5, 5.41) is 0. The Morgan fingerprint density at radius 3 is 2.17 bits per heavy atom. The van der Waals surface area contributed by atoms with Gasteiger partial charge in [0.25, 0.3) is 0 Å². The summed E-state index contributed by atoms with van der Waals surface area (Å²) in [6.45, 7) is 8.11. The Balaban J connectivity index is 4.17. The maximum Gasteiger partial charge on any atom is 0.1000 e. The quantitative estimate of drug-likeness (QED) is 0.549. The molecule has 0 aromatic rings. The van der Waals surface area contributed by atoms with Gasteiger partial charge in [-0.3, -0.25) is 0 Å². The second-order valence-corrected chi connectivity index (χ2v) is 3.15. The zero-order chi connectivity index (χ0) is 9.56. The molecule has 0 unspecified atom stereocenters. The van der Waals surface area contributed by atoms with E-state index in [-0.39, 0.29) is 5.83 Å². The first-order valence-electron chi connectivity index (χ1n) is 4.61. The van der Waals surface area contributed by atoms with Crippen LogP contribution in [-0.2, 0) is 0 Å². The van der Waals surface area contributed by atoms with Crippen LogP contribution in [0.2, 0.25) is 0 Å². The van der Waals surface area contributed by atoms with E-state index in [1.54, 1.807) is 6.08 Å². The molecule has 0 aliphatic heterocycles. The predicted octanol–water partition coefficient (Wildman–Crippen LogP) is 4.39. The molecule has 0 radical (unpaired) electrons. The number of hydrogen-bond donors (Lipinski definition) is 0. The summed E-state index contributed by atoms with van der Waals surface area (Å²) in [5.41, 5.74) is 2.47. The van der Waals surface area contributed by atoms with Gasteiger partial charge in [0.05, 0.1) is 5.83 Å². The molecule has 1 heteroatoms. The van der Waals surface area contributed by atoms with Crippen molar-refractivity contribution in [3.8, 4) is 0 Å². The fraction of sp³-hybridized carbons (Fsp3) is 0.636. The first-order valence-corrected chi connectivity index (χ1v) is 4.61. The average molecular weight is 170 g/mol. The third-order valence-electron chi connectivity index (χ3n) is 2.12. The van der Waals surface area contributed by atoms with Gasteiger partial charge in [-0.1, -0.05) is 31.1 Å². The van der Waals surface area contributed by atoms with Gasteiger partial charge in [-0.15, -0.1) is 0 Å². The first kappa shape index (κ1) is 11.4. The minimum atomic E-state index is 0.00259. The Kier molecular flexibility index (Phi) is 5.69. The zero-order valence-corrected chi connectivity index (χ0v) is 8.58.